The predicted molar refractivity (Wildman–Crippen MR) is 69.9 cm³/mol. The lowest BCUT2D eigenvalue weighted by Crippen LogP contribution is -2.40. The van der Waals surface area contributed by atoms with Gasteiger partial charge in [-0.25, -0.2) is 4.79 Å². The molecule has 17 heavy (non-hydrogen) atoms. The molecule has 0 aromatic carbocycles. The largest absolute Gasteiger partial charge is 0.444 e. The maximum Gasteiger partial charge on any atom is 0.408 e. The van der Waals surface area contributed by atoms with Crippen LogP contribution in [0.15, 0.2) is 12.2 Å². The fourth-order valence-corrected chi connectivity index (χ4v) is 2.08. The number of allylic oxidation sites excluding steroid dienone is 1. The van der Waals surface area contributed by atoms with Gasteiger partial charge in [0, 0.05) is 0 Å². The Balaban J connectivity index is 2.58. The van der Waals surface area contributed by atoms with Crippen molar-refractivity contribution in [1.82, 2.24) is 5.32 Å². The molecule has 3 nitrogen and oxygen atoms in total. The number of hydrogen-bond donors (Lipinski definition) is 1. The molecule has 1 aliphatic rings. The van der Waals surface area contributed by atoms with Crippen molar-refractivity contribution in [2.75, 3.05) is 0 Å². The Hall–Kier alpha value is -0.990. The zero-order chi connectivity index (χ0) is 13.1. The van der Waals surface area contributed by atoms with E-state index in [9.17, 15) is 4.79 Å². The molecule has 0 unspecified atom stereocenters. The number of alkyl carbamates (subject to hydrolysis) is 1. The number of rotatable bonds is 4. The Kier molecular flexibility index (Phi) is 4.23. The summed E-state index contributed by atoms with van der Waals surface area (Å²) in [5.41, 5.74) is -0.580. The van der Waals surface area contributed by atoms with Gasteiger partial charge in [-0.2, -0.15) is 0 Å². The second-order valence-corrected chi connectivity index (χ2v) is 5.79. The molecule has 1 fully saturated rings. The van der Waals surface area contributed by atoms with Gasteiger partial charge in [0.1, 0.15) is 5.60 Å². The molecule has 0 aromatic heterocycles. The van der Waals surface area contributed by atoms with E-state index in [1.165, 1.54) is 0 Å². The van der Waals surface area contributed by atoms with Gasteiger partial charge >= 0.3 is 6.09 Å². The molecule has 0 saturated heterocycles. The summed E-state index contributed by atoms with van der Waals surface area (Å²) in [5.74, 6) is 0.554. The van der Waals surface area contributed by atoms with Crippen molar-refractivity contribution in [3.05, 3.63) is 12.2 Å². The van der Waals surface area contributed by atoms with E-state index in [0.717, 1.165) is 19.3 Å². The van der Waals surface area contributed by atoms with E-state index in [0.29, 0.717) is 5.92 Å². The van der Waals surface area contributed by atoms with Crippen LogP contribution in [-0.4, -0.2) is 17.2 Å². The minimum atomic E-state index is -0.434. The Morgan fingerprint density at radius 3 is 2.53 bits per heavy atom. The Bertz CT molecular complexity index is 304. The molecule has 1 rings (SSSR count). The SMILES string of the molecule is CC/C=C/[C@@]1(NC(=O)OC(C)(C)C)C[C@H]1CC. The molecule has 1 N–H and O–H groups in total. The lowest BCUT2D eigenvalue weighted by molar-refractivity contribution is 0.0504. The first-order valence-corrected chi connectivity index (χ1v) is 6.52. The van der Waals surface area contributed by atoms with Gasteiger partial charge in [0.2, 0.25) is 0 Å². The van der Waals surface area contributed by atoms with Crippen molar-refractivity contribution < 1.29 is 9.53 Å². The summed E-state index contributed by atoms with van der Waals surface area (Å²) >= 11 is 0. The van der Waals surface area contributed by atoms with Crippen LogP contribution < -0.4 is 5.32 Å². The smallest absolute Gasteiger partial charge is 0.408 e. The first-order chi connectivity index (χ1) is 7.83. The molecule has 0 spiro atoms. The Morgan fingerprint density at radius 2 is 2.12 bits per heavy atom. The topological polar surface area (TPSA) is 38.3 Å². The van der Waals surface area contributed by atoms with E-state index in [1.54, 1.807) is 0 Å². The van der Waals surface area contributed by atoms with E-state index in [1.807, 2.05) is 20.8 Å². The Morgan fingerprint density at radius 1 is 1.47 bits per heavy atom. The van der Waals surface area contributed by atoms with Crippen LogP contribution in [0.3, 0.4) is 0 Å². The number of carbonyl (C=O) groups is 1. The van der Waals surface area contributed by atoms with Crippen LogP contribution in [0.5, 0.6) is 0 Å². The van der Waals surface area contributed by atoms with Crippen LogP contribution >= 0.6 is 0 Å². The highest BCUT2D eigenvalue weighted by molar-refractivity contribution is 5.70. The lowest BCUT2D eigenvalue weighted by atomic mass is 10.1. The summed E-state index contributed by atoms with van der Waals surface area (Å²) in [6.07, 6.45) is 7.05. The third-order valence-electron chi connectivity index (χ3n) is 3.03. The number of ether oxygens (including phenoxy) is 1. The van der Waals surface area contributed by atoms with Gasteiger partial charge in [-0.05, 0) is 39.5 Å². The zero-order valence-corrected chi connectivity index (χ0v) is 11.7. The molecule has 0 heterocycles. The van der Waals surface area contributed by atoms with Crippen LogP contribution in [0.25, 0.3) is 0 Å². The first-order valence-electron chi connectivity index (χ1n) is 6.52. The van der Waals surface area contributed by atoms with Crippen LogP contribution in [0.4, 0.5) is 4.79 Å². The van der Waals surface area contributed by atoms with E-state index in [2.05, 4.69) is 31.3 Å². The molecule has 3 heteroatoms. The zero-order valence-electron chi connectivity index (χ0n) is 11.7. The molecule has 2 atom stereocenters. The molecule has 98 valence electrons. The van der Waals surface area contributed by atoms with Crippen LogP contribution in [0.2, 0.25) is 0 Å². The summed E-state index contributed by atoms with van der Waals surface area (Å²) in [6, 6.07) is 0. The van der Waals surface area contributed by atoms with Gasteiger partial charge < -0.3 is 10.1 Å². The molecule has 0 radical (unpaired) electrons. The van der Waals surface area contributed by atoms with Crippen molar-refractivity contribution in [2.24, 2.45) is 5.92 Å². The quantitative estimate of drug-likeness (QED) is 0.760. The van der Waals surface area contributed by atoms with Gasteiger partial charge in [-0.1, -0.05) is 32.4 Å². The molecule has 0 aromatic rings. The van der Waals surface area contributed by atoms with E-state index >= 15 is 0 Å². The average molecular weight is 239 g/mol. The summed E-state index contributed by atoms with van der Waals surface area (Å²) in [5, 5.41) is 3.01. The second-order valence-electron chi connectivity index (χ2n) is 5.79. The van der Waals surface area contributed by atoms with Crippen molar-refractivity contribution in [3.63, 3.8) is 0 Å². The first kappa shape index (κ1) is 14.1. The monoisotopic (exact) mass is 239 g/mol. The van der Waals surface area contributed by atoms with Gasteiger partial charge in [-0.3, -0.25) is 0 Å². The Labute approximate surface area is 105 Å². The molecule has 1 amide bonds. The van der Waals surface area contributed by atoms with Gasteiger partial charge in [-0.15, -0.1) is 0 Å². The fourth-order valence-electron chi connectivity index (χ4n) is 2.08. The van der Waals surface area contributed by atoms with Gasteiger partial charge in [0.15, 0.2) is 0 Å². The van der Waals surface area contributed by atoms with Crippen LogP contribution in [0.1, 0.15) is 53.9 Å². The highest BCUT2D eigenvalue weighted by Crippen LogP contribution is 2.47. The number of nitrogens with one attached hydrogen (secondary N) is 1. The van der Waals surface area contributed by atoms with Crippen LogP contribution in [0, 0.1) is 5.92 Å². The fraction of sp³-hybridized carbons (Fsp3) is 0.786. The summed E-state index contributed by atoms with van der Waals surface area (Å²) in [6.45, 7) is 9.89. The van der Waals surface area contributed by atoms with Crippen molar-refractivity contribution >= 4 is 6.09 Å². The molecule has 0 aliphatic heterocycles. The maximum atomic E-state index is 11.8. The highest BCUT2D eigenvalue weighted by atomic mass is 16.6. The maximum absolute atomic E-state index is 11.8. The molecule has 1 saturated carbocycles. The number of carbonyl (C=O) groups excluding carboxylic acids is 1. The molecule has 0 bridgehead atoms. The third kappa shape index (κ3) is 4.06. The average Bonchev–Trinajstić information content (AvgIpc) is 2.86. The second kappa shape index (κ2) is 5.11. The summed E-state index contributed by atoms with van der Waals surface area (Å²) < 4.78 is 5.30. The van der Waals surface area contributed by atoms with Crippen molar-refractivity contribution in [2.45, 2.75) is 65.0 Å². The standard InChI is InChI=1S/C14H25NO2/c1-6-8-9-14(10-11(14)7-2)15-12(16)17-13(3,4)5/h8-9,11H,6-7,10H2,1-5H3,(H,15,16)/b9-8+/t11-,14-/m1/s1. The van der Waals surface area contributed by atoms with E-state index in [-0.39, 0.29) is 11.6 Å². The molecule has 1 aliphatic carbocycles. The lowest BCUT2D eigenvalue weighted by Gasteiger charge is -2.22. The van der Waals surface area contributed by atoms with Crippen molar-refractivity contribution in [1.29, 1.82) is 0 Å². The summed E-state index contributed by atoms with van der Waals surface area (Å²) in [4.78, 5) is 11.8. The van der Waals surface area contributed by atoms with Crippen LogP contribution in [-0.2, 0) is 4.74 Å². The normalized spacial score (nSPS) is 28.2. The molecular weight excluding hydrogens is 214 g/mol. The minimum absolute atomic E-state index is 0.146. The van der Waals surface area contributed by atoms with Gasteiger partial charge in [0.25, 0.3) is 0 Å². The minimum Gasteiger partial charge on any atom is -0.444 e. The van der Waals surface area contributed by atoms with Gasteiger partial charge in [0.05, 0.1) is 5.54 Å². The number of hydrogen-bond acceptors (Lipinski definition) is 2. The van der Waals surface area contributed by atoms with Crippen molar-refractivity contribution in [3.8, 4) is 0 Å². The predicted octanol–water partition coefficient (Wildman–Crippen LogP) is 3.65. The third-order valence-corrected chi connectivity index (χ3v) is 3.03. The van der Waals surface area contributed by atoms with E-state index < -0.39 is 5.60 Å². The van der Waals surface area contributed by atoms with E-state index in [4.69, 9.17) is 4.74 Å². The summed E-state index contributed by atoms with van der Waals surface area (Å²) in [7, 11) is 0. The number of amides is 1. The highest BCUT2D eigenvalue weighted by Gasteiger charge is 2.52. The molecular formula is C14H25NO2.